The van der Waals surface area contributed by atoms with Crippen molar-refractivity contribution in [3.63, 3.8) is 0 Å². The molecule has 0 bridgehead atoms. The molecule has 0 saturated heterocycles. The molecular weight excluding hydrogens is 520 g/mol. The third kappa shape index (κ3) is 39.4. The van der Waals surface area contributed by atoms with Gasteiger partial charge in [-0.2, -0.15) is 0 Å². The van der Waals surface area contributed by atoms with Crippen molar-refractivity contribution in [2.75, 3.05) is 13.2 Å². The molecule has 0 amide bonds. The van der Waals surface area contributed by atoms with E-state index >= 15 is 0 Å². The summed E-state index contributed by atoms with van der Waals surface area (Å²) in [6.07, 6.45) is 42.8. The fourth-order valence-corrected chi connectivity index (χ4v) is 5.92. The summed E-state index contributed by atoms with van der Waals surface area (Å²) in [6.45, 7) is 4.32. The van der Waals surface area contributed by atoms with E-state index in [0.717, 1.165) is 25.7 Å². The van der Waals surface area contributed by atoms with Crippen molar-refractivity contribution in [2.45, 2.75) is 219 Å². The van der Waals surface area contributed by atoms with Gasteiger partial charge in [0.15, 0.2) is 0 Å². The number of rotatable bonds is 34. The van der Waals surface area contributed by atoms with Crippen molar-refractivity contribution in [3.05, 3.63) is 0 Å². The maximum atomic E-state index is 11.7. The first-order valence-electron chi connectivity index (χ1n) is 19.1. The molecule has 0 aliphatic rings. The molecule has 1 atom stereocenters. The molecule has 0 saturated carbocycles. The quantitative estimate of drug-likeness (QED) is 0.0644. The second-order valence-electron chi connectivity index (χ2n) is 13.0. The van der Waals surface area contributed by atoms with Gasteiger partial charge in [0.05, 0.1) is 19.1 Å². The summed E-state index contributed by atoms with van der Waals surface area (Å²) < 4.78 is 0. The van der Waals surface area contributed by atoms with Crippen LogP contribution in [0.5, 0.6) is 0 Å². The van der Waals surface area contributed by atoms with Crippen LogP contribution in [0.2, 0.25) is 0 Å². The van der Waals surface area contributed by atoms with Gasteiger partial charge in [-0.25, -0.2) is 0 Å². The highest BCUT2D eigenvalue weighted by atomic mass is 16.4. The Hall–Kier alpha value is -0.610. The van der Waals surface area contributed by atoms with Gasteiger partial charge in [0, 0.05) is 0 Å². The molecule has 0 aromatic carbocycles. The van der Waals surface area contributed by atoms with Crippen LogP contribution in [0, 0.1) is 5.92 Å². The molecule has 4 heteroatoms. The van der Waals surface area contributed by atoms with E-state index in [4.69, 9.17) is 10.2 Å². The molecule has 0 aromatic heterocycles. The number of aliphatic hydroxyl groups excluding tert-OH is 2. The Morgan fingerprint density at radius 3 is 0.738 bits per heavy atom. The van der Waals surface area contributed by atoms with E-state index in [0.29, 0.717) is 0 Å². The Morgan fingerprint density at radius 2 is 0.571 bits per heavy atom. The van der Waals surface area contributed by atoms with Crippen LogP contribution >= 0.6 is 0 Å². The monoisotopic (exact) mass is 599 g/mol. The molecular formula is C38H78O4. The third-order valence-corrected chi connectivity index (χ3v) is 8.76. The second kappa shape index (κ2) is 40.4. The Kier molecular flexibility index (Phi) is 41.9. The van der Waals surface area contributed by atoms with Gasteiger partial charge >= 0.3 is 5.97 Å². The predicted octanol–water partition coefficient (Wildman–Crippen LogP) is 12.2. The number of carbonyl (C=O) groups is 1. The summed E-state index contributed by atoms with van der Waals surface area (Å²) in [4.78, 5) is 11.7. The lowest BCUT2D eigenvalue weighted by Crippen LogP contribution is -2.13. The molecule has 0 rings (SSSR count). The largest absolute Gasteiger partial charge is 0.481 e. The van der Waals surface area contributed by atoms with Crippen molar-refractivity contribution in [2.24, 2.45) is 5.92 Å². The third-order valence-electron chi connectivity index (χ3n) is 8.76. The summed E-state index contributed by atoms with van der Waals surface area (Å²) in [6, 6.07) is 0. The minimum atomic E-state index is -0.555. The van der Waals surface area contributed by atoms with Gasteiger partial charge in [-0.3, -0.25) is 4.79 Å². The standard InChI is InChI=1S/C36H72O2.C2H6O2/c1-3-5-7-9-11-13-15-17-19-20-22-24-26-28-30-32-34-35(36(37)38)33-31-29-27-25-23-21-18-16-14-12-10-8-6-4-2;3-1-2-4/h35H,3-34H2,1-2H3,(H,37,38);3-4H,1-2H2. The van der Waals surface area contributed by atoms with E-state index in [1.165, 1.54) is 180 Å². The zero-order chi connectivity index (χ0) is 31.2. The highest BCUT2D eigenvalue weighted by Crippen LogP contribution is 2.20. The molecule has 1 unspecified atom stereocenters. The van der Waals surface area contributed by atoms with Crippen molar-refractivity contribution >= 4 is 5.97 Å². The lowest BCUT2D eigenvalue weighted by Gasteiger charge is -2.12. The van der Waals surface area contributed by atoms with Crippen LogP contribution in [0.4, 0.5) is 0 Å². The molecule has 0 fully saturated rings. The molecule has 0 aliphatic carbocycles. The van der Waals surface area contributed by atoms with E-state index in [1.54, 1.807) is 0 Å². The number of carboxylic acids is 1. The van der Waals surface area contributed by atoms with Crippen molar-refractivity contribution < 1.29 is 20.1 Å². The molecule has 42 heavy (non-hydrogen) atoms. The first-order valence-corrected chi connectivity index (χ1v) is 19.1. The lowest BCUT2D eigenvalue weighted by atomic mass is 9.94. The maximum Gasteiger partial charge on any atom is 0.306 e. The van der Waals surface area contributed by atoms with Gasteiger partial charge in [0.25, 0.3) is 0 Å². The van der Waals surface area contributed by atoms with E-state index in [-0.39, 0.29) is 19.1 Å². The number of hydrogen-bond donors (Lipinski definition) is 3. The van der Waals surface area contributed by atoms with E-state index < -0.39 is 5.97 Å². The first kappa shape index (κ1) is 43.5. The zero-order valence-electron chi connectivity index (χ0n) is 28.9. The number of aliphatic hydroxyl groups is 2. The fraction of sp³-hybridized carbons (Fsp3) is 0.974. The number of hydrogen-bond acceptors (Lipinski definition) is 3. The van der Waals surface area contributed by atoms with E-state index in [9.17, 15) is 9.90 Å². The van der Waals surface area contributed by atoms with Crippen LogP contribution in [0.3, 0.4) is 0 Å². The average Bonchev–Trinajstić information content (AvgIpc) is 2.99. The highest BCUT2D eigenvalue weighted by Gasteiger charge is 2.16. The summed E-state index contributed by atoms with van der Waals surface area (Å²) in [5, 5.41) is 24.9. The van der Waals surface area contributed by atoms with Gasteiger partial charge in [0.1, 0.15) is 0 Å². The van der Waals surface area contributed by atoms with Gasteiger partial charge < -0.3 is 15.3 Å². The molecule has 0 aliphatic heterocycles. The summed E-state index contributed by atoms with van der Waals surface area (Å²) in [5.74, 6) is -0.653. The Morgan fingerprint density at radius 1 is 0.381 bits per heavy atom. The fourth-order valence-electron chi connectivity index (χ4n) is 5.92. The second-order valence-corrected chi connectivity index (χ2v) is 13.0. The van der Waals surface area contributed by atoms with Gasteiger partial charge in [-0.05, 0) is 12.8 Å². The van der Waals surface area contributed by atoms with Crippen LogP contribution in [0.15, 0.2) is 0 Å². The van der Waals surface area contributed by atoms with Crippen molar-refractivity contribution in [1.29, 1.82) is 0 Å². The molecule has 254 valence electrons. The highest BCUT2D eigenvalue weighted by molar-refractivity contribution is 5.69. The average molecular weight is 599 g/mol. The van der Waals surface area contributed by atoms with Crippen molar-refractivity contribution in [3.8, 4) is 0 Å². The molecule has 0 spiro atoms. The van der Waals surface area contributed by atoms with E-state index in [1.807, 2.05) is 0 Å². The first-order chi connectivity index (χ1) is 20.6. The number of aliphatic carboxylic acids is 1. The molecule has 0 aromatic rings. The number of unbranched alkanes of at least 4 members (excludes halogenated alkanes) is 28. The lowest BCUT2D eigenvalue weighted by molar-refractivity contribution is -0.142. The SMILES string of the molecule is CCCCCCCCCCCCCCCCCCC(CCCCCCCCCCCCCCCC)C(=O)O.OCCO. The Bertz CT molecular complexity index is 480. The van der Waals surface area contributed by atoms with Crippen LogP contribution in [-0.4, -0.2) is 34.5 Å². The maximum absolute atomic E-state index is 11.7. The molecule has 3 N–H and O–H groups in total. The molecule has 0 radical (unpaired) electrons. The van der Waals surface area contributed by atoms with Gasteiger partial charge in [-0.1, -0.05) is 206 Å². The Balaban J connectivity index is 0. The van der Waals surface area contributed by atoms with Crippen molar-refractivity contribution in [1.82, 2.24) is 0 Å². The minimum absolute atomic E-state index is 0.0982. The summed E-state index contributed by atoms with van der Waals surface area (Å²) in [5.41, 5.74) is 0. The molecule has 4 nitrogen and oxygen atoms in total. The normalized spacial score (nSPS) is 11.8. The van der Waals surface area contributed by atoms with Crippen LogP contribution in [0.25, 0.3) is 0 Å². The van der Waals surface area contributed by atoms with Crippen LogP contribution in [-0.2, 0) is 4.79 Å². The summed E-state index contributed by atoms with van der Waals surface area (Å²) >= 11 is 0. The van der Waals surface area contributed by atoms with Crippen LogP contribution in [0.1, 0.15) is 219 Å². The van der Waals surface area contributed by atoms with Gasteiger partial charge in [-0.15, -0.1) is 0 Å². The smallest absolute Gasteiger partial charge is 0.306 e. The zero-order valence-corrected chi connectivity index (χ0v) is 28.9. The number of carboxylic acid groups (broad SMARTS) is 1. The predicted molar refractivity (Wildman–Crippen MR) is 184 cm³/mol. The van der Waals surface area contributed by atoms with Gasteiger partial charge in [0.2, 0.25) is 0 Å². The molecule has 0 heterocycles. The van der Waals surface area contributed by atoms with E-state index in [2.05, 4.69) is 13.8 Å². The summed E-state index contributed by atoms with van der Waals surface area (Å²) in [7, 11) is 0. The van der Waals surface area contributed by atoms with Crippen LogP contribution < -0.4 is 0 Å². The minimum Gasteiger partial charge on any atom is -0.481 e. The topological polar surface area (TPSA) is 77.8 Å². The Labute approximate surface area is 264 Å².